The Bertz CT molecular complexity index is 986. The SMILES string of the molecule is COc1cc2oc(-c3ccc(O)cc3)c(OC)c(=O)c2c(OC)c1C. The molecule has 0 aliphatic rings. The second-order valence-electron chi connectivity index (χ2n) is 5.45. The van der Waals surface area contributed by atoms with Gasteiger partial charge in [-0.1, -0.05) is 0 Å². The summed E-state index contributed by atoms with van der Waals surface area (Å²) in [5.74, 6) is 1.40. The van der Waals surface area contributed by atoms with Gasteiger partial charge in [0.05, 0.1) is 21.3 Å². The highest BCUT2D eigenvalue weighted by Crippen LogP contribution is 2.39. The van der Waals surface area contributed by atoms with Crippen molar-refractivity contribution in [3.8, 4) is 34.3 Å². The van der Waals surface area contributed by atoms with Crippen molar-refractivity contribution in [1.29, 1.82) is 0 Å². The Morgan fingerprint density at radius 2 is 1.60 bits per heavy atom. The number of fused-ring (bicyclic) bond motifs is 1. The molecule has 3 aromatic rings. The molecule has 0 saturated carbocycles. The second-order valence-corrected chi connectivity index (χ2v) is 5.45. The molecule has 0 atom stereocenters. The van der Waals surface area contributed by atoms with Gasteiger partial charge in [0.25, 0.3) is 0 Å². The fourth-order valence-corrected chi connectivity index (χ4v) is 2.83. The summed E-state index contributed by atoms with van der Waals surface area (Å²) in [5.41, 5.74) is 1.29. The highest BCUT2D eigenvalue weighted by molar-refractivity contribution is 5.90. The largest absolute Gasteiger partial charge is 0.508 e. The molecule has 0 bridgehead atoms. The molecule has 3 rings (SSSR count). The van der Waals surface area contributed by atoms with Gasteiger partial charge in [-0.3, -0.25) is 4.79 Å². The fraction of sp³-hybridized carbons (Fsp3) is 0.211. The third-order valence-corrected chi connectivity index (χ3v) is 4.06. The molecule has 0 aliphatic carbocycles. The number of methoxy groups -OCH3 is 3. The molecular formula is C19H18O6. The van der Waals surface area contributed by atoms with Crippen LogP contribution in [0.2, 0.25) is 0 Å². The molecular weight excluding hydrogens is 324 g/mol. The van der Waals surface area contributed by atoms with Gasteiger partial charge in [-0.2, -0.15) is 0 Å². The van der Waals surface area contributed by atoms with Crippen LogP contribution in [0.1, 0.15) is 5.56 Å². The average molecular weight is 342 g/mol. The average Bonchev–Trinajstić information content (AvgIpc) is 2.62. The number of phenolic OH excluding ortho intramolecular Hbond substituents is 1. The maximum atomic E-state index is 13.0. The monoisotopic (exact) mass is 342 g/mol. The van der Waals surface area contributed by atoms with Crippen LogP contribution < -0.4 is 19.6 Å². The maximum absolute atomic E-state index is 13.0. The van der Waals surface area contributed by atoms with Gasteiger partial charge in [-0.05, 0) is 31.2 Å². The van der Waals surface area contributed by atoms with E-state index >= 15 is 0 Å². The van der Waals surface area contributed by atoms with E-state index in [1.54, 1.807) is 25.1 Å². The molecule has 1 heterocycles. The minimum absolute atomic E-state index is 0.0704. The summed E-state index contributed by atoms with van der Waals surface area (Å²) in [6.07, 6.45) is 0. The molecule has 0 fully saturated rings. The zero-order valence-corrected chi connectivity index (χ0v) is 14.4. The smallest absolute Gasteiger partial charge is 0.239 e. The van der Waals surface area contributed by atoms with Crippen molar-refractivity contribution in [2.24, 2.45) is 0 Å². The van der Waals surface area contributed by atoms with E-state index in [4.69, 9.17) is 18.6 Å². The number of ether oxygens (including phenoxy) is 3. The number of hydrogen-bond acceptors (Lipinski definition) is 6. The van der Waals surface area contributed by atoms with E-state index in [2.05, 4.69) is 0 Å². The number of phenols is 1. The molecule has 25 heavy (non-hydrogen) atoms. The molecule has 6 heteroatoms. The van der Waals surface area contributed by atoms with E-state index < -0.39 is 0 Å². The highest BCUT2D eigenvalue weighted by atomic mass is 16.5. The molecule has 1 aromatic heterocycles. The predicted octanol–water partition coefficient (Wildman–Crippen LogP) is 3.50. The van der Waals surface area contributed by atoms with Gasteiger partial charge in [0.2, 0.25) is 11.2 Å². The minimum Gasteiger partial charge on any atom is -0.508 e. The zero-order chi connectivity index (χ0) is 18.1. The Hall–Kier alpha value is -3.15. The molecule has 0 saturated heterocycles. The standard InChI is InChI=1S/C19H18O6/c1-10-13(22-2)9-14-15(17(10)23-3)16(21)19(24-4)18(25-14)11-5-7-12(20)8-6-11/h5-9,20H,1-4H3. The van der Waals surface area contributed by atoms with Crippen molar-refractivity contribution in [2.75, 3.05) is 21.3 Å². The Kier molecular flexibility index (Phi) is 4.27. The lowest BCUT2D eigenvalue weighted by molar-refractivity contribution is 0.385. The fourth-order valence-electron chi connectivity index (χ4n) is 2.83. The van der Waals surface area contributed by atoms with Gasteiger partial charge in [0.1, 0.15) is 28.2 Å². The van der Waals surface area contributed by atoms with Crippen LogP contribution in [0.3, 0.4) is 0 Å². The molecule has 0 unspecified atom stereocenters. The van der Waals surface area contributed by atoms with Crippen molar-refractivity contribution in [3.05, 3.63) is 46.1 Å². The Labute approximate surface area is 144 Å². The van der Waals surface area contributed by atoms with E-state index in [1.165, 1.54) is 33.5 Å². The van der Waals surface area contributed by atoms with Gasteiger partial charge in [-0.15, -0.1) is 0 Å². The second kappa shape index (κ2) is 6.39. The number of hydrogen-bond donors (Lipinski definition) is 1. The molecule has 2 aromatic carbocycles. The van der Waals surface area contributed by atoms with E-state index in [9.17, 15) is 9.90 Å². The summed E-state index contributed by atoms with van der Waals surface area (Å²) in [6.45, 7) is 1.80. The van der Waals surface area contributed by atoms with Crippen LogP contribution in [0.5, 0.6) is 23.0 Å². The van der Waals surface area contributed by atoms with Crippen molar-refractivity contribution in [2.45, 2.75) is 6.92 Å². The third kappa shape index (κ3) is 2.65. The van der Waals surface area contributed by atoms with Crippen LogP contribution in [-0.2, 0) is 0 Å². The number of rotatable bonds is 4. The van der Waals surface area contributed by atoms with E-state index in [1.807, 2.05) is 0 Å². The molecule has 0 aliphatic heterocycles. The van der Waals surface area contributed by atoms with Crippen LogP contribution in [-0.4, -0.2) is 26.4 Å². The van der Waals surface area contributed by atoms with Gasteiger partial charge >= 0.3 is 0 Å². The van der Waals surface area contributed by atoms with E-state index in [0.29, 0.717) is 33.6 Å². The van der Waals surface area contributed by atoms with Gasteiger partial charge in [0, 0.05) is 17.2 Å². The maximum Gasteiger partial charge on any atom is 0.239 e. The molecule has 0 spiro atoms. The molecule has 6 nitrogen and oxygen atoms in total. The van der Waals surface area contributed by atoms with Gasteiger partial charge < -0.3 is 23.7 Å². The topological polar surface area (TPSA) is 78.1 Å². The first kappa shape index (κ1) is 16.7. The Morgan fingerprint density at radius 3 is 2.16 bits per heavy atom. The lowest BCUT2D eigenvalue weighted by Gasteiger charge is -2.15. The molecule has 0 amide bonds. The molecule has 130 valence electrons. The summed E-state index contributed by atoms with van der Waals surface area (Å²) in [6, 6.07) is 7.96. The van der Waals surface area contributed by atoms with Crippen LogP contribution in [0.25, 0.3) is 22.3 Å². The Morgan fingerprint density at radius 1 is 0.960 bits per heavy atom. The summed E-state index contributed by atoms with van der Waals surface area (Å²) in [5, 5.41) is 9.76. The number of benzene rings is 2. The first-order chi connectivity index (χ1) is 12.0. The number of aromatic hydroxyl groups is 1. The lowest BCUT2D eigenvalue weighted by atomic mass is 10.1. The van der Waals surface area contributed by atoms with E-state index in [0.717, 1.165) is 0 Å². The van der Waals surface area contributed by atoms with Crippen molar-refractivity contribution in [3.63, 3.8) is 0 Å². The highest BCUT2D eigenvalue weighted by Gasteiger charge is 2.22. The normalized spacial score (nSPS) is 10.7. The van der Waals surface area contributed by atoms with Gasteiger partial charge in [0.15, 0.2) is 5.76 Å². The molecule has 1 N–H and O–H groups in total. The Balaban J connectivity index is 2.43. The first-order valence-corrected chi connectivity index (χ1v) is 7.57. The van der Waals surface area contributed by atoms with Crippen molar-refractivity contribution >= 4 is 11.0 Å². The summed E-state index contributed by atoms with van der Waals surface area (Å²) < 4.78 is 22.0. The van der Waals surface area contributed by atoms with Crippen molar-refractivity contribution in [1.82, 2.24) is 0 Å². The summed E-state index contributed by atoms with van der Waals surface area (Å²) in [7, 11) is 4.43. The summed E-state index contributed by atoms with van der Waals surface area (Å²) in [4.78, 5) is 13.0. The molecule has 0 radical (unpaired) electrons. The third-order valence-electron chi connectivity index (χ3n) is 4.06. The van der Waals surface area contributed by atoms with Crippen molar-refractivity contribution < 1.29 is 23.7 Å². The van der Waals surface area contributed by atoms with E-state index in [-0.39, 0.29) is 22.7 Å². The zero-order valence-electron chi connectivity index (χ0n) is 14.4. The minimum atomic E-state index is -0.338. The van der Waals surface area contributed by atoms with Crippen LogP contribution in [0, 0.1) is 6.92 Å². The van der Waals surface area contributed by atoms with Crippen LogP contribution in [0.4, 0.5) is 0 Å². The predicted molar refractivity (Wildman–Crippen MR) is 94.0 cm³/mol. The quantitative estimate of drug-likeness (QED) is 0.782. The summed E-state index contributed by atoms with van der Waals surface area (Å²) >= 11 is 0. The van der Waals surface area contributed by atoms with Gasteiger partial charge in [-0.25, -0.2) is 0 Å². The first-order valence-electron chi connectivity index (χ1n) is 7.57. The van der Waals surface area contributed by atoms with Crippen LogP contribution in [0.15, 0.2) is 39.5 Å². The lowest BCUT2D eigenvalue weighted by Crippen LogP contribution is -2.10. The van der Waals surface area contributed by atoms with Crippen LogP contribution >= 0.6 is 0 Å².